The molecule has 0 spiro atoms. The predicted molar refractivity (Wildman–Crippen MR) is 98.7 cm³/mol. The van der Waals surface area contributed by atoms with Gasteiger partial charge in [-0.2, -0.15) is 13.2 Å². The van der Waals surface area contributed by atoms with Crippen LogP contribution in [0.5, 0.6) is 0 Å². The highest BCUT2D eigenvalue weighted by Crippen LogP contribution is 2.29. The minimum absolute atomic E-state index is 0.155. The molecule has 0 amide bonds. The zero-order valence-electron chi connectivity index (χ0n) is 15.7. The first-order chi connectivity index (χ1) is 14.2. The Morgan fingerprint density at radius 1 is 1.00 bits per heavy atom. The Hall–Kier alpha value is -3.31. The third-order valence-corrected chi connectivity index (χ3v) is 5.19. The van der Waals surface area contributed by atoms with Crippen molar-refractivity contribution < 1.29 is 17.6 Å². The van der Waals surface area contributed by atoms with E-state index >= 15 is 0 Å². The molecular formula is C18H16F4N6O2. The summed E-state index contributed by atoms with van der Waals surface area (Å²) >= 11 is 0. The van der Waals surface area contributed by atoms with Gasteiger partial charge in [-0.1, -0.05) is 0 Å². The number of aryl methyl sites for hydroxylation is 1. The molecule has 0 saturated carbocycles. The number of hydrogen-bond acceptors (Lipinski definition) is 6. The fourth-order valence-corrected chi connectivity index (χ4v) is 3.60. The number of nitrogens with zero attached hydrogens (tertiary/aromatic N) is 6. The Balaban J connectivity index is 1.61. The van der Waals surface area contributed by atoms with E-state index in [2.05, 4.69) is 15.0 Å². The van der Waals surface area contributed by atoms with Gasteiger partial charge in [0.2, 0.25) is 5.95 Å². The first kappa shape index (κ1) is 20.0. The largest absolute Gasteiger partial charge is 0.419 e. The van der Waals surface area contributed by atoms with Gasteiger partial charge in [0.1, 0.15) is 5.82 Å². The topological polar surface area (TPSA) is 85.9 Å². The third kappa shape index (κ3) is 3.42. The normalized spacial score (nSPS) is 15.7. The van der Waals surface area contributed by atoms with Gasteiger partial charge in [-0.05, 0) is 12.8 Å². The summed E-state index contributed by atoms with van der Waals surface area (Å²) in [6.45, 7) is 0.723. The number of anilines is 1. The lowest BCUT2D eigenvalue weighted by atomic mass is 10.0. The van der Waals surface area contributed by atoms with E-state index in [4.69, 9.17) is 0 Å². The second kappa shape index (κ2) is 7.18. The minimum Gasteiger partial charge on any atom is -0.341 e. The number of aromatic nitrogens is 5. The first-order valence-corrected chi connectivity index (χ1v) is 9.08. The molecule has 3 aromatic rings. The van der Waals surface area contributed by atoms with Crippen LogP contribution in [-0.2, 0) is 13.2 Å². The van der Waals surface area contributed by atoms with Crippen molar-refractivity contribution in [2.24, 2.45) is 7.05 Å². The monoisotopic (exact) mass is 424 g/mol. The number of pyridine rings is 1. The SMILES string of the molecule is Cn1c(=O)c(=O)n(C2CCN(c3ncc(C(F)(F)F)cn3)CC2)c2ncc(F)cc21. The highest BCUT2D eigenvalue weighted by Gasteiger charge is 2.32. The smallest absolute Gasteiger partial charge is 0.341 e. The second-order valence-electron chi connectivity index (χ2n) is 7.02. The summed E-state index contributed by atoms with van der Waals surface area (Å²) < 4.78 is 54.0. The Bertz CT molecular complexity index is 1210. The molecule has 1 aliphatic rings. The quantitative estimate of drug-likeness (QED) is 0.461. The van der Waals surface area contributed by atoms with Crippen LogP contribution in [0.15, 0.2) is 34.2 Å². The second-order valence-corrected chi connectivity index (χ2v) is 7.02. The summed E-state index contributed by atoms with van der Waals surface area (Å²) in [5.74, 6) is -0.472. The van der Waals surface area contributed by atoms with Crippen LogP contribution in [-0.4, -0.2) is 37.2 Å². The molecule has 158 valence electrons. The van der Waals surface area contributed by atoms with Gasteiger partial charge in [-0.3, -0.25) is 14.2 Å². The van der Waals surface area contributed by atoms with Gasteiger partial charge in [0.25, 0.3) is 0 Å². The molecular weight excluding hydrogens is 408 g/mol. The van der Waals surface area contributed by atoms with E-state index in [9.17, 15) is 27.2 Å². The van der Waals surface area contributed by atoms with Gasteiger partial charge in [0.15, 0.2) is 5.65 Å². The molecule has 0 aromatic carbocycles. The maximum atomic E-state index is 13.6. The lowest BCUT2D eigenvalue weighted by molar-refractivity contribution is -0.138. The molecule has 4 rings (SSSR count). The number of hydrogen-bond donors (Lipinski definition) is 0. The van der Waals surface area contributed by atoms with Crippen LogP contribution in [0.2, 0.25) is 0 Å². The zero-order valence-corrected chi connectivity index (χ0v) is 15.7. The summed E-state index contributed by atoms with van der Waals surface area (Å²) in [4.78, 5) is 38.2. The standard InChI is InChI=1S/C18H16F4N6O2/c1-26-13-6-11(19)9-23-14(13)28(16(30)15(26)29)12-2-4-27(5-3-12)17-24-7-10(8-25-17)18(20,21)22/h6-9,12H,2-5H2,1H3. The Morgan fingerprint density at radius 2 is 1.63 bits per heavy atom. The molecule has 0 aliphatic carbocycles. The number of rotatable bonds is 2. The molecule has 4 heterocycles. The van der Waals surface area contributed by atoms with E-state index in [-0.39, 0.29) is 23.2 Å². The third-order valence-electron chi connectivity index (χ3n) is 5.19. The highest BCUT2D eigenvalue weighted by atomic mass is 19.4. The van der Waals surface area contributed by atoms with Crippen molar-refractivity contribution >= 4 is 17.1 Å². The molecule has 1 fully saturated rings. The van der Waals surface area contributed by atoms with Crippen LogP contribution in [0.4, 0.5) is 23.5 Å². The average Bonchev–Trinajstić information content (AvgIpc) is 2.73. The van der Waals surface area contributed by atoms with E-state index in [1.807, 2.05) is 0 Å². The maximum Gasteiger partial charge on any atom is 0.419 e. The molecule has 12 heteroatoms. The lowest BCUT2D eigenvalue weighted by Crippen LogP contribution is -2.45. The Labute approximate surface area is 166 Å². The van der Waals surface area contributed by atoms with Crippen LogP contribution in [0.25, 0.3) is 11.2 Å². The van der Waals surface area contributed by atoms with Crippen molar-refractivity contribution in [3.8, 4) is 0 Å². The van der Waals surface area contributed by atoms with E-state index in [1.54, 1.807) is 4.90 Å². The van der Waals surface area contributed by atoms with Crippen molar-refractivity contribution in [3.05, 3.63) is 56.7 Å². The maximum absolute atomic E-state index is 13.6. The van der Waals surface area contributed by atoms with Gasteiger partial charge in [0, 0.05) is 44.6 Å². The number of halogens is 4. The molecule has 0 unspecified atom stereocenters. The van der Waals surface area contributed by atoms with E-state index in [0.29, 0.717) is 25.9 Å². The fourth-order valence-electron chi connectivity index (χ4n) is 3.60. The lowest BCUT2D eigenvalue weighted by Gasteiger charge is -2.33. The van der Waals surface area contributed by atoms with Crippen molar-refractivity contribution in [1.29, 1.82) is 0 Å². The van der Waals surface area contributed by atoms with Gasteiger partial charge in [-0.15, -0.1) is 0 Å². The Kier molecular flexibility index (Phi) is 4.79. The average molecular weight is 424 g/mol. The van der Waals surface area contributed by atoms with Crippen LogP contribution in [0.3, 0.4) is 0 Å². The molecule has 0 N–H and O–H groups in total. The summed E-state index contributed by atoms with van der Waals surface area (Å²) in [5, 5.41) is 0. The van der Waals surface area contributed by atoms with Crippen molar-refractivity contribution in [2.45, 2.75) is 25.1 Å². The fraction of sp³-hybridized carbons (Fsp3) is 0.389. The molecule has 3 aromatic heterocycles. The van der Waals surface area contributed by atoms with Gasteiger partial charge >= 0.3 is 17.3 Å². The molecule has 0 radical (unpaired) electrons. The van der Waals surface area contributed by atoms with Crippen molar-refractivity contribution in [3.63, 3.8) is 0 Å². The molecule has 1 saturated heterocycles. The van der Waals surface area contributed by atoms with Crippen LogP contribution in [0.1, 0.15) is 24.4 Å². The summed E-state index contributed by atoms with van der Waals surface area (Å²) in [5.41, 5.74) is -2.07. The summed E-state index contributed by atoms with van der Waals surface area (Å²) in [6, 6.07) is 0.766. The number of alkyl halides is 3. The number of fused-ring (bicyclic) bond motifs is 1. The molecule has 1 aliphatic heterocycles. The molecule has 0 atom stereocenters. The van der Waals surface area contributed by atoms with Gasteiger partial charge in [0.05, 0.1) is 17.3 Å². The summed E-state index contributed by atoms with van der Waals surface area (Å²) in [6.07, 6.45) is -1.26. The predicted octanol–water partition coefficient (Wildman–Crippen LogP) is 1.88. The van der Waals surface area contributed by atoms with Gasteiger partial charge in [-0.25, -0.2) is 19.3 Å². The number of piperidine rings is 1. The van der Waals surface area contributed by atoms with E-state index < -0.39 is 28.7 Å². The molecule has 0 bridgehead atoms. The van der Waals surface area contributed by atoms with Crippen molar-refractivity contribution in [1.82, 2.24) is 24.1 Å². The minimum atomic E-state index is -4.51. The van der Waals surface area contributed by atoms with Crippen molar-refractivity contribution in [2.75, 3.05) is 18.0 Å². The van der Waals surface area contributed by atoms with E-state index in [0.717, 1.165) is 29.2 Å². The zero-order chi connectivity index (χ0) is 21.6. The van der Waals surface area contributed by atoms with Crippen LogP contribution >= 0.6 is 0 Å². The van der Waals surface area contributed by atoms with Crippen LogP contribution in [0, 0.1) is 5.82 Å². The van der Waals surface area contributed by atoms with Gasteiger partial charge < -0.3 is 9.47 Å². The highest BCUT2D eigenvalue weighted by molar-refractivity contribution is 5.70. The molecule has 30 heavy (non-hydrogen) atoms. The Morgan fingerprint density at radius 3 is 2.23 bits per heavy atom. The van der Waals surface area contributed by atoms with Crippen LogP contribution < -0.4 is 16.0 Å². The molecule has 8 nitrogen and oxygen atoms in total. The first-order valence-electron chi connectivity index (χ1n) is 9.08. The summed E-state index contributed by atoms with van der Waals surface area (Å²) in [7, 11) is 1.38. The van der Waals surface area contributed by atoms with E-state index in [1.165, 1.54) is 11.6 Å².